The number of fused-ring (bicyclic) bond motifs is 1. The normalized spacial score (nSPS) is 15.2. The topological polar surface area (TPSA) is 37.8 Å². The molecule has 3 rings (SSSR count). The van der Waals surface area contributed by atoms with Crippen LogP contribution in [0.15, 0.2) is 12.1 Å². The van der Waals surface area contributed by atoms with E-state index in [0.717, 1.165) is 18.9 Å². The van der Waals surface area contributed by atoms with Gasteiger partial charge in [-0.1, -0.05) is 0 Å². The summed E-state index contributed by atoms with van der Waals surface area (Å²) in [6, 6.07) is 2.31. The van der Waals surface area contributed by atoms with Crippen LogP contribution in [0.3, 0.4) is 0 Å². The van der Waals surface area contributed by atoms with Crippen LogP contribution < -0.4 is 5.32 Å². The van der Waals surface area contributed by atoms with E-state index in [9.17, 15) is 8.78 Å². The predicted octanol–water partition coefficient (Wildman–Crippen LogP) is 3.14. The Balaban J connectivity index is 2.24. The number of aromatic nitrogens is 2. The van der Waals surface area contributed by atoms with Crippen LogP contribution >= 0.6 is 11.6 Å². The molecule has 1 saturated carbocycles. The summed E-state index contributed by atoms with van der Waals surface area (Å²) in [6.07, 6.45) is 2.06. The molecule has 3 nitrogen and oxygen atoms in total. The van der Waals surface area contributed by atoms with E-state index in [-0.39, 0.29) is 10.8 Å². The van der Waals surface area contributed by atoms with Crippen LogP contribution in [0.2, 0.25) is 5.28 Å². The molecule has 0 amide bonds. The van der Waals surface area contributed by atoms with Gasteiger partial charge in [0.2, 0.25) is 5.28 Å². The van der Waals surface area contributed by atoms with Crippen molar-refractivity contribution < 1.29 is 8.78 Å². The first-order valence-corrected chi connectivity index (χ1v) is 5.60. The van der Waals surface area contributed by atoms with E-state index in [1.165, 1.54) is 6.07 Å². The fourth-order valence-electron chi connectivity index (χ4n) is 1.66. The molecule has 0 atom stereocenters. The fraction of sp³-hybridized carbons (Fsp3) is 0.273. The van der Waals surface area contributed by atoms with Gasteiger partial charge in [0, 0.05) is 17.5 Å². The Bertz CT molecular complexity index is 599. The fourth-order valence-corrected chi connectivity index (χ4v) is 1.83. The highest BCUT2D eigenvalue weighted by molar-refractivity contribution is 6.28. The minimum Gasteiger partial charge on any atom is -0.367 e. The molecule has 1 aromatic heterocycles. The number of nitrogens with zero attached hydrogens (tertiary/aromatic N) is 2. The molecule has 6 heteroatoms. The van der Waals surface area contributed by atoms with Gasteiger partial charge in [-0.2, -0.15) is 0 Å². The van der Waals surface area contributed by atoms with Gasteiger partial charge in [0.05, 0.1) is 0 Å². The molecule has 0 radical (unpaired) electrons. The third-order valence-corrected chi connectivity index (χ3v) is 2.78. The number of hydrogen-bond donors (Lipinski definition) is 1. The Kier molecular flexibility index (Phi) is 2.36. The lowest BCUT2D eigenvalue weighted by atomic mass is 10.2. The summed E-state index contributed by atoms with van der Waals surface area (Å²) >= 11 is 5.72. The lowest BCUT2D eigenvalue weighted by Gasteiger charge is -2.08. The number of anilines is 1. The zero-order valence-corrected chi connectivity index (χ0v) is 9.43. The van der Waals surface area contributed by atoms with Crippen molar-refractivity contribution in [2.45, 2.75) is 18.9 Å². The Morgan fingerprint density at radius 2 is 2.00 bits per heavy atom. The number of benzene rings is 1. The second kappa shape index (κ2) is 3.77. The van der Waals surface area contributed by atoms with Crippen molar-refractivity contribution in [1.29, 1.82) is 0 Å². The molecule has 1 aromatic carbocycles. The molecule has 2 aromatic rings. The second-order valence-corrected chi connectivity index (χ2v) is 4.38. The quantitative estimate of drug-likeness (QED) is 0.838. The Morgan fingerprint density at radius 1 is 1.24 bits per heavy atom. The Hall–Kier alpha value is -1.49. The minimum atomic E-state index is -0.733. The maximum Gasteiger partial charge on any atom is 0.225 e. The molecule has 0 spiro atoms. The molecule has 1 N–H and O–H groups in total. The maximum atomic E-state index is 13.5. The molecule has 1 aliphatic rings. The van der Waals surface area contributed by atoms with Crippen molar-refractivity contribution in [2.24, 2.45) is 0 Å². The lowest BCUT2D eigenvalue weighted by molar-refractivity contribution is 0.590. The lowest BCUT2D eigenvalue weighted by Crippen LogP contribution is -2.05. The highest BCUT2D eigenvalue weighted by Crippen LogP contribution is 2.30. The smallest absolute Gasteiger partial charge is 0.225 e. The zero-order chi connectivity index (χ0) is 12.0. The molecule has 0 saturated heterocycles. The standard InChI is InChI=1S/C11H8ClF2N3/c12-11-16-9-7(3-5(13)4-8(9)14)10(17-11)15-6-1-2-6/h3-4,6H,1-2H2,(H,15,16,17). The highest BCUT2D eigenvalue weighted by Gasteiger charge is 2.23. The predicted molar refractivity (Wildman–Crippen MR) is 61.1 cm³/mol. The molecule has 0 unspecified atom stereocenters. The minimum absolute atomic E-state index is 0.0366. The summed E-state index contributed by atoms with van der Waals surface area (Å²) in [5, 5.41) is 3.35. The third kappa shape index (κ3) is 2.02. The molecule has 1 aliphatic carbocycles. The maximum absolute atomic E-state index is 13.5. The molecular weight excluding hydrogens is 248 g/mol. The molecular formula is C11H8ClF2N3. The summed E-state index contributed by atoms with van der Waals surface area (Å²) < 4.78 is 26.7. The van der Waals surface area contributed by atoms with Crippen LogP contribution in [0.4, 0.5) is 14.6 Å². The van der Waals surface area contributed by atoms with Gasteiger partial charge in [-0.25, -0.2) is 18.7 Å². The number of nitrogens with one attached hydrogen (secondary N) is 1. The van der Waals surface area contributed by atoms with Crippen molar-refractivity contribution in [3.63, 3.8) is 0 Å². The molecule has 17 heavy (non-hydrogen) atoms. The van der Waals surface area contributed by atoms with Crippen molar-refractivity contribution in [1.82, 2.24) is 9.97 Å². The van der Waals surface area contributed by atoms with E-state index in [0.29, 0.717) is 17.2 Å². The summed E-state index contributed by atoms with van der Waals surface area (Å²) in [5.41, 5.74) is 0.0366. The van der Waals surface area contributed by atoms with E-state index >= 15 is 0 Å². The van der Waals surface area contributed by atoms with E-state index in [4.69, 9.17) is 11.6 Å². The molecule has 88 valence electrons. The van der Waals surface area contributed by atoms with Gasteiger partial charge < -0.3 is 5.32 Å². The van der Waals surface area contributed by atoms with Crippen LogP contribution in [0.1, 0.15) is 12.8 Å². The number of hydrogen-bond acceptors (Lipinski definition) is 3. The third-order valence-electron chi connectivity index (χ3n) is 2.61. The van der Waals surface area contributed by atoms with Gasteiger partial charge in [-0.15, -0.1) is 0 Å². The van der Waals surface area contributed by atoms with Crippen LogP contribution in [0.5, 0.6) is 0 Å². The summed E-state index contributed by atoms with van der Waals surface area (Å²) in [7, 11) is 0. The number of rotatable bonds is 2. The van der Waals surface area contributed by atoms with Gasteiger partial charge in [0.1, 0.15) is 17.2 Å². The second-order valence-electron chi connectivity index (χ2n) is 4.04. The monoisotopic (exact) mass is 255 g/mol. The van der Waals surface area contributed by atoms with Gasteiger partial charge in [0.15, 0.2) is 5.82 Å². The first kappa shape index (κ1) is 10.7. The van der Waals surface area contributed by atoms with E-state index in [1.807, 2.05) is 0 Å². The van der Waals surface area contributed by atoms with Crippen molar-refractivity contribution in [3.05, 3.63) is 29.1 Å². The van der Waals surface area contributed by atoms with Gasteiger partial charge in [0.25, 0.3) is 0 Å². The molecule has 1 fully saturated rings. The average molecular weight is 256 g/mol. The van der Waals surface area contributed by atoms with Gasteiger partial charge in [-0.3, -0.25) is 0 Å². The van der Waals surface area contributed by atoms with Crippen molar-refractivity contribution in [3.8, 4) is 0 Å². The van der Waals surface area contributed by atoms with Crippen LogP contribution in [-0.4, -0.2) is 16.0 Å². The first-order valence-electron chi connectivity index (χ1n) is 5.22. The van der Waals surface area contributed by atoms with E-state index in [1.54, 1.807) is 0 Å². The van der Waals surface area contributed by atoms with Gasteiger partial charge in [-0.05, 0) is 30.5 Å². The largest absolute Gasteiger partial charge is 0.367 e. The summed E-state index contributed by atoms with van der Waals surface area (Å²) in [4.78, 5) is 7.75. The highest BCUT2D eigenvalue weighted by atomic mass is 35.5. The molecule has 1 heterocycles. The van der Waals surface area contributed by atoms with Crippen LogP contribution in [0, 0.1) is 11.6 Å². The SMILES string of the molecule is Fc1cc(F)c2nc(Cl)nc(NC3CC3)c2c1. The summed E-state index contributed by atoms with van der Waals surface area (Å²) in [5.74, 6) is -0.996. The van der Waals surface area contributed by atoms with Gasteiger partial charge >= 0.3 is 0 Å². The van der Waals surface area contributed by atoms with Crippen molar-refractivity contribution in [2.75, 3.05) is 5.32 Å². The molecule has 0 aliphatic heterocycles. The van der Waals surface area contributed by atoms with Crippen LogP contribution in [-0.2, 0) is 0 Å². The Labute approximate surface area is 101 Å². The average Bonchev–Trinajstić information content (AvgIpc) is 3.04. The number of halogens is 3. The first-order chi connectivity index (χ1) is 8.13. The molecule has 0 bridgehead atoms. The van der Waals surface area contributed by atoms with Crippen molar-refractivity contribution >= 4 is 28.3 Å². The zero-order valence-electron chi connectivity index (χ0n) is 8.67. The Morgan fingerprint density at radius 3 is 2.71 bits per heavy atom. The van der Waals surface area contributed by atoms with Crippen LogP contribution in [0.25, 0.3) is 10.9 Å². The summed E-state index contributed by atoms with van der Waals surface area (Å²) in [6.45, 7) is 0. The van der Waals surface area contributed by atoms with E-state index in [2.05, 4.69) is 15.3 Å². The van der Waals surface area contributed by atoms with E-state index < -0.39 is 11.6 Å².